The molecule has 0 unspecified atom stereocenters. The second-order valence-corrected chi connectivity index (χ2v) is 11.0. The fourth-order valence-electron chi connectivity index (χ4n) is 4.15. The van der Waals surface area contributed by atoms with Crippen molar-refractivity contribution in [1.29, 1.82) is 0 Å². The summed E-state index contributed by atoms with van der Waals surface area (Å²) in [6, 6.07) is 6.17. The molecular formula is C23H35N3O5S. The lowest BCUT2D eigenvalue weighted by molar-refractivity contribution is -0.133. The minimum Gasteiger partial charge on any atom is -0.376 e. The molecule has 8 nitrogen and oxygen atoms in total. The van der Waals surface area contributed by atoms with E-state index in [1.165, 1.54) is 4.31 Å². The van der Waals surface area contributed by atoms with E-state index >= 15 is 0 Å². The highest BCUT2D eigenvalue weighted by molar-refractivity contribution is 7.89. The number of amides is 2. The van der Waals surface area contributed by atoms with Gasteiger partial charge in [0.2, 0.25) is 21.8 Å². The van der Waals surface area contributed by atoms with Gasteiger partial charge in [-0.1, -0.05) is 31.5 Å². The molecule has 9 heteroatoms. The van der Waals surface area contributed by atoms with E-state index < -0.39 is 16.1 Å². The van der Waals surface area contributed by atoms with E-state index in [4.69, 9.17) is 4.74 Å². The van der Waals surface area contributed by atoms with Gasteiger partial charge >= 0.3 is 0 Å². The molecule has 0 spiro atoms. The van der Waals surface area contributed by atoms with Gasteiger partial charge < -0.3 is 15.4 Å². The molecule has 0 aliphatic carbocycles. The third-order valence-electron chi connectivity index (χ3n) is 6.26. The van der Waals surface area contributed by atoms with Gasteiger partial charge in [-0.05, 0) is 50.7 Å². The van der Waals surface area contributed by atoms with Crippen molar-refractivity contribution in [3.8, 4) is 0 Å². The van der Waals surface area contributed by atoms with E-state index in [0.29, 0.717) is 19.4 Å². The number of hydrogen-bond acceptors (Lipinski definition) is 5. The quantitative estimate of drug-likeness (QED) is 0.610. The molecule has 178 valence electrons. The molecule has 2 fully saturated rings. The Bertz CT molecular complexity index is 887. The van der Waals surface area contributed by atoms with Crippen molar-refractivity contribution in [3.63, 3.8) is 0 Å². The van der Waals surface area contributed by atoms with Crippen molar-refractivity contribution in [2.45, 2.75) is 63.5 Å². The normalized spacial score (nSPS) is 21.4. The predicted molar refractivity (Wildman–Crippen MR) is 121 cm³/mol. The first-order valence-corrected chi connectivity index (χ1v) is 12.9. The van der Waals surface area contributed by atoms with Crippen LogP contribution in [0.15, 0.2) is 29.2 Å². The van der Waals surface area contributed by atoms with Gasteiger partial charge in [-0.15, -0.1) is 0 Å². The van der Waals surface area contributed by atoms with Crippen LogP contribution in [-0.4, -0.2) is 62.9 Å². The van der Waals surface area contributed by atoms with Gasteiger partial charge in [-0.2, -0.15) is 4.31 Å². The molecule has 2 saturated heterocycles. The number of sulfonamides is 1. The zero-order chi connectivity index (χ0) is 23.3. The number of nitrogens with zero attached hydrogens (tertiary/aromatic N) is 1. The summed E-state index contributed by atoms with van der Waals surface area (Å²) in [5.74, 6) is -0.774. The Kier molecular flexibility index (Phi) is 8.30. The Labute approximate surface area is 191 Å². The van der Waals surface area contributed by atoms with Gasteiger partial charge in [0, 0.05) is 32.2 Å². The molecule has 1 aromatic carbocycles. The van der Waals surface area contributed by atoms with Crippen LogP contribution in [0, 0.1) is 18.8 Å². The second-order valence-electron chi connectivity index (χ2n) is 9.10. The van der Waals surface area contributed by atoms with Gasteiger partial charge in [0.15, 0.2) is 0 Å². The summed E-state index contributed by atoms with van der Waals surface area (Å²) in [6.07, 6.45) is 2.84. The Morgan fingerprint density at radius 1 is 1.12 bits per heavy atom. The lowest BCUT2D eigenvalue weighted by atomic mass is 9.95. The van der Waals surface area contributed by atoms with E-state index in [0.717, 1.165) is 25.0 Å². The summed E-state index contributed by atoms with van der Waals surface area (Å²) in [5, 5.41) is 5.79. The van der Waals surface area contributed by atoms with E-state index in [2.05, 4.69) is 10.6 Å². The molecule has 0 radical (unpaired) electrons. The maximum Gasteiger partial charge on any atom is 0.243 e. The number of benzene rings is 1. The standard InChI is InChI=1S/C23H35N3O5S/c1-16(2)21(23(28)24-15-19-5-4-14-31-19)25-22(27)18-10-12-26(13-11-18)32(29,30)20-8-6-17(3)7-9-20/h6-9,16,18-19,21H,4-5,10-15H2,1-3H3,(H,24,28)(H,25,27)/t19-,21+/m0/s1. The fourth-order valence-corrected chi connectivity index (χ4v) is 5.62. The van der Waals surface area contributed by atoms with E-state index in [9.17, 15) is 18.0 Å². The zero-order valence-corrected chi connectivity index (χ0v) is 20.0. The van der Waals surface area contributed by atoms with Gasteiger partial charge in [0.1, 0.15) is 6.04 Å². The van der Waals surface area contributed by atoms with Crippen molar-refractivity contribution in [2.24, 2.45) is 11.8 Å². The third-order valence-corrected chi connectivity index (χ3v) is 8.17. The Balaban J connectivity index is 1.53. The molecule has 0 bridgehead atoms. The lowest BCUT2D eigenvalue weighted by Gasteiger charge is -2.32. The Morgan fingerprint density at radius 2 is 1.78 bits per heavy atom. The summed E-state index contributed by atoms with van der Waals surface area (Å²) in [5.41, 5.74) is 0.999. The summed E-state index contributed by atoms with van der Waals surface area (Å²) < 4.78 is 32.7. The number of nitrogens with one attached hydrogen (secondary N) is 2. The number of ether oxygens (including phenoxy) is 1. The SMILES string of the molecule is Cc1ccc(S(=O)(=O)N2CCC(C(=O)N[C@@H](C(=O)NC[C@@H]3CCCO3)C(C)C)CC2)cc1. The van der Waals surface area contributed by atoms with Crippen molar-refractivity contribution in [1.82, 2.24) is 14.9 Å². The van der Waals surface area contributed by atoms with Crippen LogP contribution in [0.3, 0.4) is 0 Å². The largest absolute Gasteiger partial charge is 0.376 e. The topological polar surface area (TPSA) is 105 Å². The second kappa shape index (κ2) is 10.8. The number of carbonyl (C=O) groups is 2. The van der Waals surface area contributed by atoms with Crippen LogP contribution in [0.25, 0.3) is 0 Å². The first kappa shape index (κ1) is 24.7. The highest BCUT2D eigenvalue weighted by Gasteiger charge is 2.34. The van der Waals surface area contributed by atoms with Crippen LogP contribution in [0.2, 0.25) is 0 Å². The van der Waals surface area contributed by atoms with Crippen molar-refractivity contribution in [2.75, 3.05) is 26.2 Å². The molecule has 0 saturated carbocycles. The van der Waals surface area contributed by atoms with Crippen LogP contribution in [-0.2, 0) is 24.3 Å². The van der Waals surface area contributed by atoms with Crippen molar-refractivity contribution in [3.05, 3.63) is 29.8 Å². The minimum absolute atomic E-state index is 0.0438. The van der Waals surface area contributed by atoms with Gasteiger partial charge in [-0.3, -0.25) is 9.59 Å². The molecule has 2 aliphatic heterocycles. The fraction of sp³-hybridized carbons (Fsp3) is 0.652. The van der Waals surface area contributed by atoms with Crippen LogP contribution in [0.5, 0.6) is 0 Å². The summed E-state index contributed by atoms with van der Waals surface area (Å²) >= 11 is 0. The maximum atomic E-state index is 12.9. The first-order chi connectivity index (χ1) is 15.2. The average Bonchev–Trinajstić information content (AvgIpc) is 3.29. The molecule has 32 heavy (non-hydrogen) atoms. The Morgan fingerprint density at radius 3 is 2.34 bits per heavy atom. The zero-order valence-electron chi connectivity index (χ0n) is 19.2. The Hall–Kier alpha value is -1.97. The van der Waals surface area contributed by atoms with E-state index in [-0.39, 0.29) is 47.7 Å². The molecule has 3 rings (SSSR count). The monoisotopic (exact) mass is 465 g/mol. The third kappa shape index (κ3) is 6.08. The highest BCUT2D eigenvalue weighted by Crippen LogP contribution is 2.24. The number of aryl methyl sites for hydroxylation is 1. The number of carbonyl (C=O) groups excluding carboxylic acids is 2. The average molecular weight is 466 g/mol. The minimum atomic E-state index is -3.57. The molecule has 2 atom stereocenters. The smallest absolute Gasteiger partial charge is 0.243 e. The van der Waals surface area contributed by atoms with Crippen LogP contribution >= 0.6 is 0 Å². The first-order valence-electron chi connectivity index (χ1n) is 11.4. The van der Waals surface area contributed by atoms with Gasteiger partial charge in [-0.25, -0.2) is 8.42 Å². The summed E-state index contributed by atoms with van der Waals surface area (Å²) in [7, 11) is -3.57. The lowest BCUT2D eigenvalue weighted by Crippen LogP contribution is -2.53. The van der Waals surface area contributed by atoms with Gasteiger partial charge in [0.05, 0.1) is 11.0 Å². The molecule has 2 heterocycles. The van der Waals surface area contributed by atoms with E-state index in [1.807, 2.05) is 20.8 Å². The summed E-state index contributed by atoms with van der Waals surface area (Å²) in [6.45, 7) is 7.45. The van der Waals surface area contributed by atoms with Crippen molar-refractivity contribution < 1.29 is 22.7 Å². The van der Waals surface area contributed by atoms with E-state index in [1.54, 1.807) is 24.3 Å². The highest BCUT2D eigenvalue weighted by atomic mass is 32.2. The van der Waals surface area contributed by atoms with Crippen LogP contribution < -0.4 is 10.6 Å². The number of piperidine rings is 1. The molecule has 0 aromatic heterocycles. The van der Waals surface area contributed by atoms with Crippen molar-refractivity contribution >= 4 is 21.8 Å². The molecule has 2 aliphatic rings. The molecule has 2 N–H and O–H groups in total. The molecule has 1 aromatic rings. The summed E-state index contributed by atoms with van der Waals surface area (Å²) in [4.78, 5) is 25.8. The number of hydrogen-bond donors (Lipinski definition) is 2. The molecule has 2 amide bonds. The van der Waals surface area contributed by atoms with Crippen LogP contribution in [0.1, 0.15) is 45.1 Å². The predicted octanol–water partition coefficient (Wildman–Crippen LogP) is 1.83. The van der Waals surface area contributed by atoms with Gasteiger partial charge in [0.25, 0.3) is 0 Å². The molecular weight excluding hydrogens is 430 g/mol. The number of rotatable bonds is 8. The maximum absolute atomic E-state index is 12.9. The van der Waals surface area contributed by atoms with Crippen LogP contribution in [0.4, 0.5) is 0 Å².